The van der Waals surface area contributed by atoms with E-state index in [9.17, 15) is 0 Å². The lowest BCUT2D eigenvalue weighted by molar-refractivity contribution is 1.08. The number of aryl methyl sites for hydroxylation is 1. The summed E-state index contributed by atoms with van der Waals surface area (Å²) in [4.78, 5) is 4.31. The van der Waals surface area contributed by atoms with Gasteiger partial charge in [0, 0.05) is 33.4 Å². The molecule has 0 amide bonds. The maximum Gasteiger partial charge on any atom is 0.0459 e. The molecule has 0 fully saturated rings. The van der Waals surface area contributed by atoms with Crippen LogP contribution in [0.25, 0.3) is 29.9 Å². The fourth-order valence-electron chi connectivity index (χ4n) is 3.09. The summed E-state index contributed by atoms with van der Waals surface area (Å²) in [6.07, 6.45) is 7.00. The molecule has 1 aliphatic carbocycles. The second-order valence-electron chi connectivity index (χ2n) is 5.84. The number of allylic oxidation sites excluding steroid dienone is 4. The van der Waals surface area contributed by atoms with Crippen molar-refractivity contribution in [2.75, 3.05) is 0 Å². The predicted molar refractivity (Wildman–Crippen MR) is 109 cm³/mol. The summed E-state index contributed by atoms with van der Waals surface area (Å²) in [6, 6.07) is 9.29. The molecule has 0 N–H and O–H groups in total. The minimum atomic E-state index is 1.16. The van der Waals surface area contributed by atoms with Gasteiger partial charge in [0.15, 0.2) is 0 Å². The van der Waals surface area contributed by atoms with Gasteiger partial charge in [-0.15, -0.1) is 45.3 Å². The van der Waals surface area contributed by atoms with Crippen LogP contribution in [0.4, 0.5) is 0 Å². The summed E-state index contributed by atoms with van der Waals surface area (Å²) in [5, 5.41) is 2.18. The van der Waals surface area contributed by atoms with Gasteiger partial charge in [0.1, 0.15) is 0 Å². The first kappa shape index (κ1) is 14.2. The van der Waals surface area contributed by atoms with E-state index in [0.29, 0.717) is 0 Å². The summed E-state index contributed by atoms with van der Waals surface area (Å²) in [5.41, 5.74) is 2.99. The van der Waals surface area contributed by atoms with Crippen LogP contribution in [0, 0.1) is 6.92 Å². The third kappa shape index (κ3) is 2.45. The van der Waals surface area contributed by atoms with Crippen molar-refractivity contribution in [2.45, 2.75) is 19.8 Å². The zero-order chi connectivity index (χ0) is 15.4. The van der Waals surface area contributed by atoms with E-state index in [1.54, 1.807) is 0 Å². The molecule has 0 radical (unpaired) electrons. The van der Waals surface area contributed by atoms with Gasteiger partial charge in [0.25, 0.3) is 0 Å². The third-order valence-electron chi connectivity index (χ3n) is 4.25. The molecule has 4 heteroatoms. The topological polar surface area (TPSA) is 0 Å². The van der Waals surface area contributed by atoms with Gasteiger partial charge in [0.05, 0.1) is 0 Å². The Kier molecular flexibility index (Phi) is 3.34. The minimum Gasteiger partial charge on any atom is -0.143 e. The first-order chi connectivity index (χ1) is 11.3. The fourth-order valence-corrected chi connectivity index (χ4v) is 7.62. The molecule has 1 aliphatic rings. The van der Waals surface area contributed by atoms with Gasteiger partial charge >= 0.3 is 0 Å². The number of rotatable bonds is 2. The third-order valence-corrected chi connectivity index (χ3v) is 8.71. The highest BCUT2D eigenvalue weighted by Crippen LogP contribution is 2.41. The Morgan fingerprint density at radius 2 is 1.39 bits per heavy atom. The van der Waals surface area contributed by atoms with Crippen LogP contribution in [0.15, 0.2) is 41.8 Å². The molecule has 0 bridgehead atoms. The Hall–Kier alpha value is -1.20. The first-order valence-corrected chi connectivity index (χ1v) is 11.0. The van der Waals surface area contributed by atoms with Crippen molar-refractivity contribution in [3.63, 3.8) is 0 Å². The van der Waals surface area contributed by atoms with E-state index in [2.05, 4.69) is 48.7 Å². The predicted octanol–water partition coefficient (Wildman–Crippen LogP) is 7.81. The molecule has 0 nitrogen and oxygen atoms in total. The van der Waals surface area contributed by atoms with Crippen molar-refractivity contribution >= 4 is 75.3 Å². The summed E-state index contributed by atoms with van der Waals surface area (Å²) < 4.78 is 5.73. The SMILES string of the molecule is Cc1cc2sc(C3=CC=C(c4cc5sccc5s4)CC3)cc2s1. The average Bonchev–Trinajstić information content (AvgIpc) is 3.25. The van der Waals surface area contributed by atoms with Gasteiger partial charge in [-0.3, -0.25) is 0 Å². The quantitative estimate of drug-likeness (QED) is 0.337. The maximum atomic E-state index is 2.38. The van der Waals surface area contributed by atoms with E-state index in [1.165, 1.54) is 44.6 Å². The molecule has 5 rings (SSSR count). The highest BCUT2D eigenvalue weighted by molar-refractivity contribution is 7.28. The Balaban J connectivity index is 1.49. The maximum absolute atomic E-state index is 2.38. The van der Waals surface area contributed by atoms with Gasteiger partial charge in [-0.1, -0.05) is 12.2 Å². The molecule has 0 saturated carbocycles. The molecule has 4 aromatic rings. The second-order valence-corrected chi connectivity index (χ2v) is 10.2. The number of hydrogen-bond donors (Lipinski definition) is 0. The van der Waals surface area contributed by atoms with Crippen molar-refractivity contribution in [3.8, 4) is 0 Å². The van der Waals surface area contributed by atoms with E-state index in [-0.39, 0.29) is 0 Å². The number of fused-ring (bicyclic) bond motifs is 2. The molecule has 114 valence electrons. The molecule has 4 aromatic heterocycles. The van der Waals surface area contributed by atoms with Crippen LogP contribution in [-0.4, -0.2) is 0 Å². The van der Waals surface area contributed by atoms with Crippen LogP contribution in [0.5, 0.6) is 0 Å². The summed E-state index contributed by atoms with van der Waals surface area (Å²) in [7, 11) is 0. The Morgan fingerprint density at radius 1 is 0.739 bits per heavy atom. The molecule has 0 aliphatic heterocycles. The molecule has 0 unspecified atom stereocenters. The number of hydrogen-bond acceptors (Lipinski definition) is 4. The van der Waals surface area contributed by atoms with Crippen LogP contribution in [0.1, 0.15) is 27.5 Å². The van der Waals surface area contributed by atoms with Crippen molar-refractivity contribution in [3.05, 3.63) is 56.4 Å². The summed E-state index contributed by atoms with van der Waals surface area (Å²) in [6.45, 7) is 2.19. The van der Waals surface area contributed by atoms with E-state index in [0.717, 1.165) is 12.8 Å². The zero-order valence-corrected chi connectivity index (χ0v) is 15.9. The van der Waals surface area contributed by atoms with E-state index < -0.39 is 0 Å². The molecule has 0 spiro atoms. The second kappa shape index (κ2) is 5.42. The van der Waals surface area contributed by atoms with Gasteiger partial charge < -0.3 is 0 Å². The van der Waals surface area contributed by atoms with Crippen LogP contribution < -0.4 is 0 Å². The lowest BCUT2D eigenvalue weighted by Gasteiger charge is -2.12. The lowest BCUT2D eigenvalue weighted by Crippen LogP contribution is -1.90. The van der Waals surface area contributed by atoms with Crippen molar-refractivity contribution in [2.24, 2.45) is 0 Å². The van der Waals surface area contributed by atoms with Crippen molar-refractivity contribution in [1.29, 1.82) is 0 Å². The smallest absolute Gasteiger partial charge is 0.0459 e. The molecule has 23 heavy (non-hydrogen) atoms. The van der Waals surface area contributed by atoms with Crippen LogP contribution in [0.3, 0.4) is 0 Å². The monoisotopic (exact) mass is 370 g/mol. The molecular formula is C19H14S4. The average molecular weight is 371 g/mol. The van der Waals surface area contributed by atoms with E-state index >= 15 is 0 Å². The lowest BCUT2D eigenvalue weighted by atomic mass is 9.96. The standard InChI is InChI=1S/C19H14S4/c1-11-8-18-19(21-11)10-16(23-18)13-4-2-12(3-5-13)15-9-17-14(22-15)6-7-20-17/h2,4,6-10H,3,5H2,1H3. The molecule has 0 aromatic carbocycles. The molecule has 0 saturated heterocycles. The Labute approximate surface area is 151 Å². The van der Waals surface area contributed by atoms with Crippen molar-refractivity contribution in [1.82, 2.24) is 0 Å². The summed E-state index contributed by atoms with van der Waals surface area (Å²) >= 11 is 7.63. The number of thiophene rings is 4. The van der Waals surface area contributed by atoms with Crippen LogP contribution in [-0.2, 0) is 0 Å². The highest BCUT2D eigenvalue weighted by Gasteiger charge is 2.15. The van der Waals surface area contributed by atoms with E-state index in [1.807, 2.05) is 45.3 Å². The highest BCUT2D eigenvalue weighted by atomic mass is 32.1. The molecule has 0 atom stereocenters. The zero-order valence-electron chi connectivity index (χ0n) is 12.6. The van der Waals surface area contributed by atoms with Crippen molar-refractivity contribution < 1.29 is 0 Å². The van der Waals surface area contributed by atoms with Crippen LogP contribution >= 0.6 is 45.3 Å². The summed E-state index contributed by atoms with van der Waals surface area (Å²) in [5.74, 6) is 0. The first-order valence-electron chi connectivity index (χ1n) is 7.64. The normalized spacial score (nSPS) is 15.3. The van der Waals surface area contributed by atoms with E-state index in [4.69, 9.17) is 0 Å². The molecular weight excluding hydrogens is 356 g/mol. The van der Waals surface area contributed by atoms with Gasteiger partial charge in [-0.2, -0.15) is 0 Å². The largest absolute Gasteiger partial charge is 0.143 e. The van der Waals surface area contributed by atoms with Gasteiger partial charge in [0.2, 0.25) is 0 Å². The minimum absolute atomic E-state index is 1.16. The Bertz CT molecular complexity index is 1020. The van der Waals surface area contributed by atoms with Gasteiger partial charge in [-0.25, -0.2) is 0 Å². The van der Waals surface area contributed by atoms with Gasteiger partial charge in [-0.05, 0) is 60.6 Å². The van der Waals surface area contributed by atoms with Crippen LogP contribution in [0.2, 0.25) is 0 Å². The fraction of sp³-hybridized carbons (Fsp3) is 0.158. The Morgan fingerprint density at radius 3 is 2.04 bits per heavy atom. The molecule has 4 heterocycles.